The minimum absolute atomic E-state index is 0.402. The molecule has 0 unspecified atom stereocenters. The Bertz CT molecular complexity index is 379. The van der Waals surface area contributed by atoms with Crippen molar-refractivity contribution in [2.45, 2.75) is 6.92 Å². The zero-order valence-electron chi connectivity index (χ0n) is 6.67. The lowest BCUT2D eigenvalue weighted by Crippen LogP contribution is -2.02. The smallest absolute Gasteiger partial charge is 0.327 e. The van der Waals surface area contributed by atoms with Crippen LogP contribution in [0.15, 0.2) is 6.07 Å². The van der Waals surface area contributed by atoms with Crippen LogP contribution in [0.1, 0.15) is 5.56 Å². The third-order valence-corrected chi connectivity index (χ3v) is 1.63. The summed E-state index contributed by atoms with van der Waals surface area (Å²) in [6, 6.07) is 0.733. The molecule has 1 aromatic carbocycles. The van der Waals surface area contributed by atoms with Gasteiger partial charge in [0.2, 0.25) is 5.82 Å². The lowest BCUT2D eigenvalue weighted by molar-refractivity contribution is -0.386. The third-order valence-electron chi connectivity index (χ3n) is 1.63. The number of halogens is 2. The number of nitrogens with two attached hydrogens (primary N) is 1. The minimum Gasteiger partial charge on any atom is -0.393 e. The van der Waals surface area contributed by atoms with E-state index in [0.717, 1.165) is 13.0 Å². The maximum absolute atomic E-state index is 13.0. The summed E-state index contributed by atoms with van der Waals surface area (Å²) < 4.78 is 25.8. The number of hydrogen-bond acceptors (Lipinski definition) is 3. The van der Waals surface area contributed by atoms with Gasteiger partial charge in [-0.3, -0.25) is 10.1 Å². The van der Waals surface area contributed by atoms with Gasteiger partial charge in [-0.25, -0.2) is 4.39 Å². The van der Waals surface area contributed by atoms with Gasteiger partial charge in [0.1, 0.15) is 11.5 Å². The summed E-state index contributed by atoms with van der Waals surface area (Å²) in [7, 11) is 0. The number of nitrogens with zero attached hydrogens (tertiary/aromatic N) is 1. The van der Waals surface area contributed by atoms with Crippen molar-refractivity contribution in [2.24, 2.45) is 0 Å². The molecule has 0 aromatic heterocycles. The Morgan fingerprint density at radius 3 is 2.54 bits per heavy atom. The summed E-state index contributed by atoms with van der Waals surface area (Å²) in [6.45, 7) is 1.11. The Kier molecular flexibility index (Phi) is 2.14. The van der Waals surface area contributed by atoms with Crippen molar-refractivity contribution >= 4 is 11.4 Å². The van der Waals surface area contributed by atoms with E-state index in [1.807, 2.05) is 0 Å². The van der Waals surface area contributed by atoms with Gasteiger partial charge in [0.15, 0.2) is 0 Å². The first-order valence-electron chi connectivity index (χ1n) is 3.33. The molecule has 0 amide bonds. The molecule has 0 saturated heterocycles. The van der Waals surface area contributed by atoms with Crippen LogP contribution in [0.4, 0.5) is 20.2 Å². The fourth-order valence-electron chi connectivity index (χ4n) is 0.908. The predicted molar refractivity (Wildman–Crippen MR) is 42.2 cm³/mol. The molecule has 0 fully saturated rings. The molecule has 70 valence electrons. The van der Waals surface area contributed by atoms with Crippen LogP contribution in [0.5, 0.6) is 0 Å². The second-order valence-electron chi connectivity index (χ2n) is 2.49. The molecule has 1 rings (SSSR count). The molecule has 1 aromatic rings. The Morgan fingerprint density at radius 1 is 1.54 bits per heavy atom. The van der Waals surface area contributed by atoms with Gasteiger partial charge >= 0.3 is 5.69 Å². The molecule has 0 radical (unpaired) electrons. The summed E-state index contributed by atoms with van der Waals surface area (Å²) >= 11 is 0. The van der Waals surface area contributed by atoms with Crippen molar-refractivity contribution in [1.29, 1.82) is 0 Å². The van der Waals surface area contributed by atoms with E-state index in [0.29, 0.717) is 0 Å². The van der Waals surface area contributed by atoms with Crippen LogP contribution < -0.4 is 5.73 Å². The van der Waals surface area contributed by atoms with Crippen LogP contribution >= 0.6 is 0 Å². The Hall–Kier alpha value is -1.72. The SMILES string of the molecule is Cc1c(F)cc(N)c([N+](=O)[O-])c1F. The average Bonchev–Trinajstić information content (AvgIpc) is 1.99. The normalized spacial score (nSPS) is 10.1. The first-order valence-corrected chi connectivity index (χ1v) is 3.33. The van der Waals surface area contributed by atoms with E-state index in [2.05, 4.69) is 0 Å². The summed E-state index contributed by atoms with van der Waals surface area (Å²) in [5, 5.41) is 10.3. The highest BCUT2D eigenvalue weighted by Gasteiger charge is 2.23. The van der Waals surface area contributed by atoms with Gasteiger partial charge in [-0.15, -0.1) is 0 Å². The second kappa shape index (κ2) is 2.96. The number of hydrogen-bond donors (Lipinski definition) is 1. The Labute approximate surface area is 72.1 Å². The van der Waals surface area contributed by atoms with Gasteiger partial charge in [-0.1, -0.05) is 0 Å². The fraction of sp³-hybridized carbons (Fsp3) is 0.143. The molecule has 0 atom stereocenters. The molecule has 2 N–H and O–H groups in total. The molecule has 4 nitrogen and oxygen atoms in total. The molecule has 6 heteroatoms. The van der Waals surface area contributed by atoms with Gasteiger partial charge in [-0.2, -0.15) is 4.39 Å². The molecule has 0 spiro atoms. The van der Waals surface area contributed by atoms with Gasteiger partial charge in [0.05, 0.1) is 4.92 Å². The number of rotatable bonds is 1. The number of benzene rings is 1. The van der Waals surface area contributed by atoms with E-state index in [1.165, 1.54) is 0 Å². The lowest BCUT2D eigenvalue weighted by atomic mass is 10.1. The summed E-state index contributed by atoms with van der Waals surface area (Å²) in [6.07, 6.45) is 0. The van der Waals surface area contributed by atoms with Gasteiger partial charge < -0.3 is 5.73 Å². The Balaban J connectivity index is 3.53. The lowest BCUT2D eigenvalue weighted by Gasteiger charge is -2.02. The number of nitro groups is 1. The maximum Gasteiger partial charge on any atom is 0.327 e. The fourth-order valence-corrected chi connectivity index (χ4v) is 0.908. The van der Waals surface area contributed by atoms with Crippen molar-refractivity contribution < 1.29 is 13.7 Å². The van der Waals surface area contributed by atoms with Crippen LogP contribution in [-0.4, -0.2) is 4.92 Å². The number of nitro benzene ring substituents is 1. The van der Waals surface area contributed by atoms with Crippen molar-refractivity contribution in [2.75, 3.05) is 5.73 Å². The van der Waals surface area contributed by atoms with Gasteiger partial charge in [0.25, 0.3) is 0 Å². The molecule has 0 aliphatic rings. The van der Waals surface area contributed by atoms with Crippen LogP contribution in [0.3, 0.4) is 0 Å². The topological polar surface area (TPSA) is 69.2 Å². The molecule has 0 aliphatic carbocycles. The van der Waals surface area contributed by atoms with Crippen molar-refractivity contribution in [1.82, 2.24) is 0 Å². The summed E-state index contributed by atoms with van der Waals surface area (Å²) in [4.78, 5) is 9.29. The highest BCUT2D eigenvalue weighted by molar-refractivity contribution is 5.60. The first-order chi connectivity index (χ1) is 5.95. The largest absolute Gasteiger partial charge is 0.393 e. The zero-order valence-corrected chi connectivity index (χ0v) is 6.67. The molecular weight excluding hydrogens is 182 g/mol. The number of nitrogen functional groups attached to an aromatic ring is 1. The van der Waals surface area contributed by atoms with Gasteiger partial charge in [-0.05, 0) is 6.92 Å². The third kappa shape index (κ3) is 1.42. The van der Waals surface area contributed by atoms with E-state index < -0.39 is 33.5 Å². The van der Waals surface area contributed by atoms with E-state index in [1.54, 1.807) is 0 Å². The highest BCUT2D eigenvalue weighted by atomic mass is 19.1. The molecule has 0 bridgehead atoms. The van der Waals surface area contributed by atoms with Crippen LogP contribution in [0.25, 0.3) is 0 Å². The van der Waals surface area contributed by atoms with E-state index in [9.17, 15) is 18.9 Å². The highest BCUT2D eigenvalue weighted by Crippen LogP contribution is 2.28. The maximum atomic E-state index is 13.0. The zero-order chi connectivity index (χ0) is 10.2. The van der Waals surface area contributed by atoms with Gasteiger partial charge in [0, 0.05) is 11.6 Å². The molecular formula is C7H6F2N2O2. The average molecular weight is 188 g/mol. The van der Waals surface area contributed by atoms with Crippen molar-refractivity contribution in [3.8, 4) is 0 Å². The Morgan fingerprint density at radius 2 is 2.08 bits per heavy atom. The quantitative estimate of drug-likeness (QED) is 0.414. The molecule has 0 aliphatic heterocycles. The van der Waals surface area contributed by atoms with Crippen LogP contribution in [-0.2, 0) is 0 Å². The standard InChI is InChI=1S/C7H6F2N2O2/c1-3-4(8)2-5(10)7(6(3)9)11(12)13/h2H,10H2,1H3. The molecule has 13 heavy (non-hydrogen) atoms. The minimum atomic E-state index is -1.22. The second-order valence-corrected chi connectivity index (χ2v) is 2.49. The van der Waals surface area contributed by atoms with Crippen molar-refractivity contribution in [3.63, 3.8) is 0 Å². The summed E-state index contributed by atoms with van der Waals surface area (Å²) in [5.41, 5.74) is 3.28. The van der Waals surface area contributed by atoms with E-state index in [-0.39, 0.29) is 0 Å². The monoisotopic (exact) mass is 188 g/mol. The summed E-state index contributed by atoms with van der Waals surface area (Å²) in [5.74, 6) is -2.11. The first kappa shape index (κ1) is 9.37. The molecule has 0 saturated carbocycles. The number of anilines is 1. The van der Waals surface area contributed by atoms with Crippen LogP contribution in [0, 0.1) is 28.7 Å². The van der Waals surface area contributed by atoms with E-state index >= 15 is 0 Å². The predicted octanol–water partition coefficient (Wildman–Crippen LogP) is 1.76. The van der Waals surface area contributed by atoms with E-state index in [4.69, 9.17) is 5.73 Å². The van der Waals surface area contributed by atoms with Crippen molar-refractivity contribution in [3.05, 3.63) is 33.4 Å². The van der Waals surface area contributed by atoms with Crippen LogP contribution in [0.2, 0.25) is 0 Å². The molecule has 0 heterocycles.